The summed E-state index contributed by atoms with van der Waals surface area (Å²) >= 11 is 6.03. The van der Waals surface area contributed by atoms with Crippen LogP contribution in [0.5, 0.6) is 0 Å². The molecule has 0 fully saturated rings. The number of hydrogen-bond donors (Lipinski definition) is 2. The molecule has 7 nitrogen and oxygen atoms in total. The quantitative estimate of drug-likeness (QED) is 0.899. The van der Waals surface area contributed by atoms with Gasteiger partial charge in [0.2, 0.25) is 5.95 Å². The fourth-order valence-corrected chi connectivity index (χ4v) is 2.03. The van der Waals surface area contributed by atoms with Crippen LogP contribution in [0.15, 0.2) is 30.5 Å². The van der Waals surface area contributed by atoms with Crippen LogP contribution in [-0.4, -0.2) is 44.2 Å². The molecule has 2 rings (SSSR count). The molecule has 0 unspecified atom stereocenters. The van der Waals surface area contributed by atoms with Crippen molar-refractivity contribution in [2.24, 2.45) is 0 Å². The van der Waals surface area contributed by atoms with E-state index in [1.54, 1.807) is 40.3 Å². The number of nitrogens with zero attached hydrogens (tertiary/aromatic N) is 4. The number of hydrogen-bond acceptors (Lipinski definition) is 5. The van der Waals surface area contributed by atoms with E-state index in [9.17, 15) is 4.79 Å². The van der Waals surface area contributed by atoms with Crippen LogP contribution in [0.25, 0.3) is 0 Å². The van der Waals surface area contributed by atoms with E-state index < -0.39 is 6.03 Å². The number of nitrogens with one attached hydrogen (secondary N) is 2. The van der Waals surface area contributed by atoms with Crippen LogP contribution in [0.4, 0.5) is 27.9 Å². The third-order valence-corrected chi connectivity index (χ3v) is 3.28. The van der Waals surface area contributed by atoms with Gasteiger partial charge in [-0.3, -0.25) is 0 Å². The first-order chi connectivity index (χ1) is 10.9. The number of carbonyl (C=O) groups is 1. The van der Waals surface area contributed by atoms with Crippen LogP contribution in [-0.2, 0) is 0 Å². The Morgan fingerprint density at radius 3 is 2.30 bits per heavy atom. The lowest BCUT2D eigenvalue weighted by molar-refractivity contribution is 0.262. The molecular weight excluding hydrogens is 316 g/mol. The maximum atomic E-state index is 12.2. The number of anilines is 4. The van der Waals surface area contributed by atoms with Gasteiger partial charge in [0.25, 0.3) is 0 Å². The summed E-state index contributed by atoms with van der Waals surface area (Å²) in [6.07, 6.45) is 1.57. The lowest BCUT2D eigenvalue weighted by atomic mass is 10.3. The van der Waals surface area contributed by atoms with Gasteiger partial charge >= 0.3 is 6.03 Å². The number of aromatic nitrogens is 2. The lowest BCUT2D eigenvalue weighted by Crippen LogP contribution is -2.23. The molecule has 0 atom stereocenters. The Labute approximate surface area is 140 Å². The highest BCUT2D eigenvalue weighted by Gasteiger charge is 2.13. The summed E-state index contributed by atoms with van der Waals surface area (Å²) in [5, 5.41) is 5.90. The van der Waals surface area contributed by atoms with Gasteiger partial charge in [0.15, 0.2) is 5.82 Å². The van der Waals surface area contributed by atoms with Crippen molar-refractivity contribution in [1.82, 2.24) is 9.97 Å². The van der Waals surface area contributed by atoms with Crippen LogP contribution in [0.1, 0.15) is 0 Å². The molecule has 0 aliphatic rings. The molecule has 0 aliphatic carbocycles. The summed E-state index contributed by atoms with van der Waals surface area (Å²) < 4.78 is 0. The van der Waals surface area contributed by atoms with E-state index in [4.69, 9.17) is 11.6 Å². The van der Waals surface area contributed by atoms with E-state index in [2.05, 4.69) is 20.6 Å². The average Bonchev–Trinajstić information content (AvgIpc) is 2.49. The molecule has 1 heterocycles. The Morgan fingerprint density at radius 2 is 1.70 bits per heavy atom. The molecule has 2 N–H and O–H groups in total. The largest absolute Gasteiger partial charge is 0.361 e. The van der Waals surface area contributed by atoms with Crippen molar-refractivity contribution in [3.63, 3.8) is 0 Å². The van der Waals surface area contributed by atoms with Gasteiger partial charge in [0, 0.05) is 28.2 Å². The van der Waals surface area contributed by atoms with E-state index in [1.165, 1.54) is 0 Å². The molecule has 0 bridgehead atoms. The molecule has 23 heavy (non-hydrogen) atoms. The second-order valence-electron chi connectivity index (χ2n) is 5.26. The van der Waals surface area contributed by atoms with Gasteiger partial charge in [0.1, 0.15) is 5.69 Å². The predicted octanol–water partition coefficient (Wildman–Crippen LogP) is 2.91. The molecule has 122 valence electrons. The topological polar surface area (TPSA) is 73.4 Å². The van der Waals surface area contributed by atoms with Gasteiger partial charge < -0.3 is 20.4 Å². The number of rotatable bonds is 4. The van der Waals surface area contributed by atoms with E-state index in [1.807, 2.05) is 28.2 Å². The number of amides is 2. The lowest BCUT2D eigenvalue weighted by Gasteiger charge is -2.19. The maximum absolute atomic E-state index is 12.2. The summed E-state index contributed by atoms with van der Waals surface area (Å²) in [4.78, 5) is 24.4. The number of carbonyl (C=O) groups excluding carboxylic acids is 1. The van der Waals surface area contributed by atoms with E-state index in [0.717, 1.165) is 0 Å². The fourth-order valence-electron chi connectivity index (χ4n) is 1.85. The normalized spacial score (nSPS) is 10.1. The van der Waals surface area contributed by atoms with Gasteiger partial charge in [-0.15, -0.1) is 0 Å². The Kier molecular flexibility index (Phi) is 5.23. The number of urea groups is 1. The first-order valence-electron chi connectivity index (χ1n) is 6.92. The predicted molar refractivity (Wildman–Crippen MR) is 94.8 cm³/mol. The van der Waals surface area contributed by atoms with Crippen molar-refractivity contribution < 1.29 is 4.79 Å². The highest BCUT2D eigenvalue weighted by Crippen LogP contribution is 2.24. The van der Waals surface area contributed by atoms with E-state index >= 15 is 0 Å². The molecule has 2 aromatic rings. The molecule has 1 aromatic heterocycles. The van der Waals surface area contributed by atoms with Crippen molar-refractivity contribution in [2.75, 3.05) is 48.6 Å². The first-order valence-corrected chi connectivity index (χ1v) is 7.30. The molecular formula is C15H19ClN6O. The molecule has 2 amide bonds. The summed E-state index contributed by atoms with van der Waals surface area (Å²) in [6, 6.07) is 6.60. The van der Waals surface area contributed by atoms with Crippen molar-refractivity contribution in [3.05, 3.63) is 35.5 Å². The second kappa shape index (κ2) is 7.15. The van der Waals surface area contributed by atoms with Crippen LogP contribution >= 0.6 is 11.6 Å². The third kappa shape index (κ3) is 4.23. The first kappa shape index (κ1) is 16.8. The monoisotopic (exact) mass is 334 g/mol. The molecule has 0 saturated carbocycles. The zero-order valence-corrected chi connectivity index (χ0v) is 14.2. The Balaban J connectivity index is 2.19. The summed E-state index contributed by atoms with van der Waals surface area (Å²) in [5.74, 6) is 1.17. The van der Waals surface area contributed by atoms with Crippen LogP contribution < -0.4 is 20.4 Å². The van der Waals surface area contributed by atoms with Gasteiger partial charge in [-0.25, -0.2) is 9.78 Å². The third-order valence-electron chi connectivity index (χ3n) is 2.95. The van der Waals surface area contributed by atoms with E-state index in [0.29, 0.717) is 28.2 Å². The van der Waals surface area contributed by atoms with Crippen molar-refractivity contribution >= 4 is 40.8 Å². The zero-order chi connectivity index (χ0) is 17.0. The van der Waals surface area contributed by atoms with Gasteiger partial charge in [0.05, 0.1) is 16.9 Å². The van der Waals surface area contributed by atoms with Gasteiger partial charge in [-0.2, -0.15) is 4.98 Å². The van der Waals surface area contributed by atoms with Gasteiger partial charge in [-0.1, -0.05) is 23.7 Å². The molecule has 0 spiro atoms. The Morgan fingerprint density at radius 1 is 1.04 bits per heavy atom. The summed E-state index contributed by atoms with van der Waals surface area (Å²) in [6.45, 7) is 0. The fraction of sp³-hybridized carbons (Fsp3) is 0.267. The van der Waals surface area contributed by atoms with Crippen LogP contribution in [0.2, 0.25) is 5.02 Å². The van der Waals surface area contributed by atoms with Crippen molar-refractivity contribution in [3.8, 4) is 0 Å². The van der Waals surface area contributed by atoms with Crippen LogP contribution in [0.3, 0.4) is 0 Å². The zero-order valence-electron chi connectivity index (χ0n) is 13.5. The molecule has 8 heteroatoms. The smallest absolute Gasteiger partial charge is 0.323 e. The summed E-state index contributed by atoms with van der Waals surface area (Å²) in [7, 11) is 7.40. The maximum Gasteiger partial charge on any atom is 0.323 e. The minimum atomic E-state index is -0.414. The minimum Gasteiger partial charge on any atom is -0.361 e. The van der Waals surface area contributed by atoms with E-state index in [-0.39, 0.29) is 0 Å². The number of benzene rings is 1. The van der Waals surface area contributed by atoms with Crippen molar-refractivity contribution in [1.29, 1.82) is 0 Å². The van der Waals surface area contributed by atoms with Crippen LogP contribution in [0, 0.1) is 0 Å². The molecule has 0 radical (unpaired) electrons. The Hall–Kier alpha value is -2.54. The molecule has 0 saturated heterocycles. The summed E-state index contributed by atoms with van der Waals surface area (Å²) in [5.41, 5.74) is 1.04. The molecule has 1 aromatic carbocycles. The van der Waals surface area contributed by atoms with Gasteiger partial charge in [-0.05, 0) is 12.1 Å². The van der Waals surface area contributed by atoms with Crippen molar-refractivity contribution in [2.45, 2.75) is 0 Å². The average molecular weight is 335 g/mol. The number of halogens is 1. The second-order valence-corrected chi connectivity index (χ2v) is 5.66. The minimum absolute atomic E-state index is 0.414. The standard InChI is InChI=1S/C15H19ClN6O/c1-21(2)13-12(9-17-14(20-13)22(3)4)19-15(23)18-11-8-6-5-7-10(11)16/h5-9H,1-4H3,(H2,18,19,23). The highest BCUT2D eigenvalue weighted by molar-refractivity contribution is 6.33. The Bertz CT molecular complexity index is 704. The highest BCUT2D eigenvalue weighted by atomic mass is 35.5. The number of para-hydroxylation sites is 1. The SMILES string of the molecule is CN(C)c1ncc(NC(=O)Nc2ccccc2Cl)c(N(C)C)n1. The molecule has 0 aliphatic heterocycles.